The summed E-state index contributed by atoms with van der Waals surface area (Å²) in [4.78, 5) is 30.7. The van der Waals surface area contributed by atoms with Crippen LogP contribution in [0.4, 0.5) is 5.69 Å². The van der Waals surface area contributed by atoms with E-state index in [0.717, 1.165) is 27.5 Å². The van der Waals surface area contributed by atoms with E-state index in [0.29, 0.717) is 28.3 Å². The molecule has 5 nitrogen and oxygen atoms in total. The van der Waals surface area contributed by atoms with Gasteiger partial charge in [0.25, 0.3) is 11.7 Å². The highest BCUT2D eigenvalue weighted by atomic mass is 35.5. The molecule has 1 N–H and O–H groups in total. The van der Waals surface area contributed by atoms with Crippen molar-refractivity contribution in [2.24, 2.45) is 0 Å². The molecule has 0 aliphatic carbocycles. The van der Waals surface area contributed by atoms with Gasteiger partial charge in [-0.15, -0.1) is 0 Å². The average molecular weight is 454 g/mol. The second-order valence-electron chi connectivity index (χ2n) is 7.93. The number of nitrogens with zero attached hydrogens (tertiary/aromatic N) is 2. The molecule has 162 valence electrons. The van der Waals surface area contributed by atoms with Crippen molar-refractivity contribution >= 4 is 50.8 Å². The lowest BCUT2D eigenvalue weighted by atomic mass is 10.1. The first-order chi connectivity index (χ1) is 16.0. The molecule has 0 radical (unpaired) electrons. The zero-order chi connectivity index (χ0) is 22.9. The Kier molecular flexibility index (Phi) is 5.40. The van der Waals surface area contributed by atoms with Crippen LogP contribution in [0, 0.1) is 6.92 Å². The maximum absolute atomic E-state index is 13.2. The van der Waals surface area contributed by atoms with E-state index < -0.39 is 11.7 Å². The second-order valence-corrected chi connectivity index (χ2v) is 8.36. The van der Waals surface area contributed by atoms with Crippen LogP contribution in [0.3, 0.4) is 0 Å². The third kappa shape index (κ3) is 4.11. The number of aryl methyl sites for hydroxylation is 1. The molecule has 0 saturated carbocycles. The van der Waals surface area contributed by atoms with E-state index in [1.807, 2.05) is 84.3 Å². The molecule has 0 aliphatic heterocycles. The van der Waals surface area contributed by atoms with Gasteiger partial charge in [0.1, 0.15) is 0 Å². The summed E-state index contributed by atoms with van der Waals surface area (Å²) in [5.41, 5.74) is 4.29. The van der Waals surface area contributed by atoms with E-state index in [1.165, 1.54) is 0 Å². The number of Topliss-reactive ketones (excluding diaryl/α,β-unsaturated/α-hetero) is 1. The third-order valence-corrected chi connectivity index (χ3v) is 5.87. The zero-order valence-corrected chi connectivity index (χ0v) is 18.6. The molecule has 3 aromatic carbocycles. The Bertz CT molecular complexity index is 1520. The van der Waals surface area contributed by atoms with Gasteiger partial charge in [-0.1, -0.05) is 60.1 Å². The molecule has 0 saturated heterocycles. The Labute approximate surface area is 195 Å². The Morgan fingerprint density at radius 1 is 0.939 bits per heavy atom. The fourth-order valence-corrected chi connectivity index (χ4v) is 4.12. The van der Waals surface area contributed by atoms with Crippen LogP contribution < -0.4 is 5.32 Å². The highest BCUT2D eigenvalue weighted by molar-refractivity contribution is 6.48. The standard InChI is InChI=1S/C27H20ClN3O2/c1-17-9-12-19-5-4-7-23(25(19)29-17)30-27(33)26(32)22-16-31(24-8-3-2-6-21(22)24)15-18-10-13-20(28)14-11-18/h2-14,16H,15H2,1H3,(H,30,33). The quantitative estimate of drug-likeness (QED) is 0.261. The minimum Gasteiger partial charge on any atom is -0.342 e. The number of rotatable bonds is 5. The first-order valence-electron chi connectivity index (χ1n) is 10.5. The number of aromatic nitrogens is 2. The Hall–Kier alpha value is -3.96. The number of nitrogens with one attached hydrogen (secondary N) is 1. The van der Waals surface area contributed by atoms with Crippen LogP contribution in [0.1, 0.15) is 21.6 Å². The molecule has 33 heavy (non-hydrogen) atoms. The number of anilines is 1. The lowest BCUT2D eigenvalue weighted by Crippen LogP contribution is -2.23. The molecule has 5 rings (SSSR count). The number of pyridine rings is 1. The third-order valence-electron chi connectivity index (χ3n) is 5.61. The largest absolute Gasteiger partial charge is 0.342 e. The summed E-state index contributed by atoms with van der Waals surface area (Å²) in [6, 6.07) is 24.5. The van der Waals surface area contributed by atoms with Gasteiger partial charge in [0.05, 0.1) is 16.8 Å². The summed E-state index contributed by atoms with van der Waals surface area (Å²) in [5.74, 6) is -1.29. The predicted octanol–water partition coefficient (Wildman–Crippen LogP) is 6.02. The van der Waals surface area contributed by atoms with Crippen molar-refractivity contribution in [3.63, 3.8) is 0 Å². The summed E-state index contributed by atoms with van der Waals surface area (Å²) in [6.45, 7) is 2.44. The SMILES string of the molecule is Cc1ccc2cccc(NC(=O)C(=O)c3cn(Cc4ccc(Cl)cc4)c4ccccc34)c2n1. The van der Waals surface area contributed by atoms with E-state index in [9.17, 15) is 9.59 Å². The maximum Gasteiger partial charge on any atom is 0.296 e. The van der Waals surface area contributed by atoms with Crippen molar-refractivity contribution in [2.45, 2.75) is 13.5 Å². The molecule has 0 atom stereocenters. The van der Waals surface area contributed by atoms with Gasteiger partial charge in [0.15, 0.2) is 0 Å². The molecule has 0 unspecified atom stereocenters. The highest BCUT2D eigenvalue weighted by Gasteiger charge is 2.22. The topological polar surface area (TPSA) is 64.0 Å². The van der Waals surface area contributed by atoms with Crippen LogP contribution in [0.25, 0.3) is 21.8 Å². The van der Waals surface area contributed by atoms with Crippen molar-refractivity contribution in [1.29, 1.82) is 0 Å². The van der Waals surface area contributed by atoms with E-state index >= 15 is 0 Å². The normalized spacial score (nSPS) is 11.1. The Balaban J connectivity index is 1.48. The first kappa shape index (κ1) is 20.9. The summed E-state index contributed by atoms with van der Waals surface area (Å²) in [6.07, 6.45) is 1.74. The lowest BCUT2D eigenvalue weighted by molar-refractivity contribution is -0.112. The van der Waals surface area contributed by atoms with Crippen LogP contribution in [-0.4, -0.2) is 21.2 Å². The molecule has 0 bridgehead atoms. The van der Waals surface area contributed by atoms with Crippen LogP contribution in [-0.2, 0) is 11.3 Å². The number of hydrogen-bond acceptors (Lipinski definition) is 3. The number of carbonyl (C=O) groups excluding carboxylic acids is 2. The van der Waals surface area contributed by atoms with Gasteiger partial charge in [0, 0.05) is 39.7 Å². The van der Waals surface area contributed by atoms with Crippen LogP contribution in [0.15, 0.2) is 85.1 Å². The summed E-state index contributed by atoms with van der Waals surface area (Å²) < 4.78 is 1.97. The fourth-order valence-electron chi connectivity index (χ4n) is 3.99. The van der Waals surface area contributed by atoms with Gasteiger partial charge in [-0.2, -0.15) is 0 Å². The fraction of sp³-hybridized carbons (Fsp3) is 0.0741. The van der Waals surface area contributed by atoms with Crippen molar-refractivity contribution < 1.29 is 9.59 Å². The molecule has 2 heterocycles. The van der Waals surface area contributed by atoms with E-state index in [1.54, 1.807) is 12.3 Å². The van der Waals surface area contributed by atoms with Crippen LogP contribution >= 0.6 is 11.6 Å². The van der Waals surface area contributed by atoms with Crippen molar-refractivity contribution in [2.75, 3.05) is 5.32 Å². The number of carbonyl (C=O) groups is 2. The number of amides is 1. The molecule has 2 aromatic heterocycles. The van der Waals surface area contributed by atoms with Gasteiger partial charge < -0.3 is 9.88 Å². The van der Waals surface area contributed by atoms with Crippen molar-refractivity contribution in [3.05, 3.63) is 107 Å². The van der Waals surface area contributed by atoms with Crippen molar-refractivity contribution in [3.8, 4) is 0 Å². The molecule has 0 aliphatic rings. The van der Waals surface area contributed by atoms with Crippen LogP contribution in [0.5, 0.6) is 0 Å². The van der Waals surface area contributed by atoms with Gasteiger partial charge in [-0.25, -0.2) is 0 Å². The summed E-state index contributed by atoms with van der Waals surface area (Å²) in [5, 5.41) is 5.06. The monoisotopic (exact) mass is 453 g/mol. The summed E-state index contributed by atoms with van der Waals surface area (Å²) in [7, 11) is 0. The van der Waals surface area contributed by atoms with Gasteiger partial charge in [-0.3, -0.25) is 14.6 Å². The lowest BCUT2D eigenvalue weighted by Gasteiger charge is -2.08. The number of benzene rings is 3. The maximum atomic E-state index is 13.2. The molecule has 5 aromatic rings. The minimum atomic E-state index is -0.694. The number of fused-ring (bicyclic) bond motifs is 2. The van der Waals surface area contributed by atoms with Gasteiger partial charge in [0.2, 0.25) is 0 Å². The van der Waals surface area contributed by atoms with Gasteiger partial charge >= 0.3 is 0 Å². The highest BCUT2D eigenvalue weighted by Crippen LogP contribution is 2.25. The minimum absolute atomic E-state index is 0.362. The number of ketones is 1. The molecule has 0 fully saturated rings. The number of para-hydroxylation sites is 2. The Morgan fingerprint density at radius 3 is 2.55 bits per heavy atom. The first-order valence-corrected chi connectivity index (χ1v) is 10.9. The molecule has 0 spiro atoms. The summed E-state index contributed by atoms with van der Waals surface area (Å²) >= 11 is 6.00. The molecule has 6 heteroatoms. The smallest absolute Gasteiger partial charge is 0.296 e. The molecular weight excluding hydrogens is 434 g/mol. The van der Waals surface area contributed by atoms with E-state index in [-0.39, 0.29) is 0 Å². The van der Waals surface area contributed by atoms with E-state index in [2.05, 4.69) is 10.3 Å². The van der Waals surface area contributed by atoms with Crippen LogP contribution in [0.2, 0.25) is 5.02 Å². The second kappa shape index (κ2) is 8.52. The van der Waals surface area contributed by atoms with E-state index in [4.69, 9.17) is 11.6 Å². The molecular formula is C27H20ClN3O2. The predicted molar refractivity (Wildman–Crippen MR) is 132 cm³/mol. The molecule has 1 amide bonds. The van der Waals surface area contributed by atoms with Crippen molar-refractivity contribution in [1.82, 2.24) is 9.55 Å². The average Bonchev–Trinajstić information content (AvgIpc) is 3.19. The zero-order valence-electron chi connectivity index (χ0n) is 17.9. The Morgan fingerprint density at radius 2 is 1.73 bits per heavy atom. The number of halogens is 1. The number of hydrogen-bond donors (Lipinski definition) is 1. The van der Waals surface area contributed by atoms with Gasteiger partial charge in [-0.05, 0) is 42.8 Å².